The topological polar surface area (TPSA) is 50.9 Å². The molecule has 0 bridgehead atoms. The Balaban J connectivity index is 1.97. The first-order valence-electron chi connectivity index (χ1n) is 7.61. The lowest BCUT2D eigenvalue weighted by molar-refractivity contribution is -0.0569. The van der Waals surface area contributed by atoms with Crippen molar-refractivity contribution in [1.82, 2.24) is 0 Å². The predicted octanol–water partition coefficient (Wildman–Crippen LogP) is 3.21. The van der Waals surface area contributed by atoms with Gasteiger partial charge in [-0.05, 0) is 30.5 Å². The summed E-state index contributed by atoms with van der Waals surface area (Å²) in [7, 11) is 0. The van der Waals surface area contributed by atoms with Crippen LogP contribution in [-0.2, 0) is 11.2 Å². The minimum absolute atomic E-state index is 0.0263. The molecular formula is C19H19O3+. The number of benzene rings is 2. The van der Waals surface area contributed by atoms with Gasteiger partial charge in [-0.2, -0.15) is 0 Å². The molecule has 0 fully saturated rings. The smallest absolute Gasteiger partial charge is 0.364 e. The van der Waals surface area contributed by atoms with Crippen molar-refractivity contribution in [2.45, 2.75) is 37.9 Å². The maximum absolute atomic E-state index is 11.3. The zero-order valence-electron chi connectivity index (χ0n) is 12.9. The molecule has 1 aliphatic heterocycles. The molecule has 2 atom stereocenters. The summed E-state index contributed by atoms with van der Waals surface area (Å²) in [5.41, 5.74) is 0.739. The minimum atomic E-state index is -1.53. The maximum atomic E-state index is 11.3. The third kappa shape index (κ3) is 1.33. The summed E-state index contributed by atoms with van der Waals surface area (Å²) in [6, 6.07) is 13.3. The average molecular weight is 295 g/mol. The standard InChI is InChI=1S/C19H18O3/c1-11(2)12-8-9-15-16(10-12)22-18(3)14-7-5-4-6-13(14)17(20)19(15,18)21/h4-11,21H,1-3H3/p+1. The average Bonchev–Trinajstić information content (AvgIpc) is 2.84. The van der Waals surface area contributed by atoms with Crippen molar-refractivity contribution in [3.8, 4) is 5.75 Å². The highest BCUT2D eigenvalue weighted by Crippen LogP contribution is 2.59. The molecule has 3 heteroatoms. The fraction of sp³-hybridized carbons (Fsp3) is 0.316. The van der Waals surface area contributed by atoms with Crippen molar-refractivity contribution < 1.29 is 14.6 Å². The van der Waals surface area contributed by atoms with E-state index in [1.54, 1.807) is 0 Å². The molecule has 0 amide bonds. The van der Waals surface area contributed by atoms with Gasteiger partial charge in [-0.15, -0.1) is 0 Å². The Morgan fingerprint density at radius 3 is 2.55 bits per heavy atom. The van der Waals surface area contributed by atoms with Crippen LogP contribution in [0.15, 0.2) is 42.5 Å². The molecule has 0 radical (unpaired) electrons. The molecular weight excluding hydrogens is 276 g/mol. The maximum Gasteiger partial charge on any atom is 0.364 e. The lowest BCUT2D eigenvalue weighted by Crippen LogP contribution is -2.46. The fourth-order valence-electron chi connectivity index (χ4n) is 3.74. The second-order valence-electron chi connectivity index (χ2n) is 6.65. The number of ketones is 1. The number of hydrogen-bond donors (Lipinski definition) is 1. The van der Waals surface area contributed by atoms with Gasteiger partial charge in [0.05, 0.1) is 5.56 Å². The normalized spacial score (nSPS) is 28.3. The minimum Gasteiger partial charge on any atom is -0.478 e. The van der Waals surface area contributed by atoms with Crippen molar-refractivity contribution in [2.24, 2.45) is 0 Å². The second-order valence-corrected chi connectivity index (χ2v) is 6.65. The largest absolute Gasteiger partial charge is 0.478 e. The quantitative estimate of drug-likeness (QED) is 0.821. The van der Waals surface area contributed by atoms with E-state index in [4.69, 9.17) is 4.74 Å². The lowest BCUT2D eigenvalue weighted by atomic mass is 9.80. The number of hydrogen-bond acceptors (Lipinski definition) is 2. The molecule has 3 nitrogen and oxygen atoms in total. The van der Waals surface area contributed by atoms with Gasteiger partial charge in [-0.1, -0.05) is 44.2 Å². The van der Waals surface area contributed by atoms with Gasteiger partial charge >= 0.3 is 5.78 Å². The van der Waals surface area contributed by atoms with Gasteiger partial charge in [0.1, 0.15) is 5.75 Å². The molecule has 2 aromatic carbocycles. The van der Waals surface area contributed by atoms with Crippen LogP contribution in [-0.4, -0.2) is 15.7 Å². The molecule has 4 rings (SSSR count). The van der Waals surface area contributed by atoms with E-state index in [2.05, 4.69) is 13.8 Å². The Morgan fingerprint density at radius 1 is 1.09 bits per heavy atom. The molecule has 112 valence electrons. The summed E-state index contributed by atoms with van der Waals surface area (Å²) in [6.45, 7) is 6.07. The van der Waals surface area contributed by atoms with Crippen molar-refractivity contribution in [1.29, 1.82) is 0 Å². The summed E-state index contributed by atoms with van der Waals surface area (Å²) >= 11 is 0. The Morgan fingerprint density at radius 2 is 1.82 bits per heavy atom. The molecule has 2 unspecified atom stereocenters. The first-order chi connectivity index (χ1) is 10.4. The summed E-state index contributed by atoms with van der Waals surface area (Å²) in [5.74, 6) is 1.00. The summed E-state index contributed by atoms with van der Waals surface area (Å²) in [4.78, 5) is 10.7. The molecule has 0 aromatic heterocycles. The number of aliphatic hydroxyl groups is 1. The van der Waals surface area contributed by atoms with E-state index in [1.165, 1.54) is 0 Å². The van der Waals surface area contributed by atoms with Crippen molar-refractivity contribution in [3.05, 3.63) is 64.7 Å². The highest BCUT2D eigenvalue weighted by atomic mass is 16.5. The molecule has 0 saturated carbocycles. The molecule has 1 heterocycles. The Kier molecular flexibility index (Phi) is 2.45. The second kappa shape index (κ2) is 3.99. The van der Waals surface area contributed by atoms with Gasteiger partial charge in [-0.25, -0.2) is 0 Å². The Bertz CT molecular complexity index is 808. The van der Waals surface area contributed by atoms with E-state index in [-0.39, 0.29) is 5.78 Å². The van der Waals surface area contributed by atoms with Gasteiger partial charge in [0.2, 0.25) is 0 Å². The molecule has 0 saturated heterocycles. The van der Waals surface area contributed by atoms with Crippen LogP contribution in [0.3, 0.4) is 0 Å². The van der Waals surface area contributed by atoms with E-state index >= 15 is 0 Å². The zero-order valence-corrected chi connectivity index (χ0v) is 12.9. The van der Waals surface area contributed by atoms with E-state index in [0.717, 1.165) is 11.1 Å². The monoisotopic (exact) mass is 295 g/mol. The third-order valence-electron chi connectivity index (χ3n) is 5.11. The van der Waals surface area contributed by atoms with Gasteiger partial charge in [0.15, 0.2) is 5.60 Å². The third-order valence-corrected chi connectivity index (χ3v) is 5.11. The first-order valence-corrected chi connectivity index (χ1v) is 7.61. The first kappa shape index (κ1) is 13.5. The summed E-state index contributed by atoms with van der Waals surface area (Å²) in [6.07, 6.45) is 0. The van der Waals surface area contributed by atoms with Crippen LogP contribution in [0, 0.1) is 0 Å². The van der Waals surface area contributed by atoms with Crippen molar-refractivity contribution >= 4 is 5.78 Å². The van der Waals surface area contributed by atoms with Crippen LogP contribution < -0.4 is 4.74 Å². The number of fused-ring (bicyclic) bond motifs is 5. The number of ether oxygens (including phenoxy) is 1. The molecule has 22 heavy (non-hydrogen) atoms. The van der Waals surface area contributed by atoms with Crippen LogP contribution >= 0.6 is 0 Å². The molecule has 0 spiro atoms. The van der Waals surface area contributed by atoms with E-state index in [9.17, 15) is 9.90 Å². The number of carbonyl (C=O) groups excluding carboxylic acids is 1. The van der Waals surface area contributed by atoms with Crippen LogP contribution in [0.5, 0.6) is 5.75 Å². The van der Waals surface area contributed by atoms with E-state index in [0.29, 0.717) is 22.8 Å². The van der Waals surface area contributed by atoms with Crippen LogP contribution in [0.4, 0.5) is 0 Å². The van der Waals surface area contributed by atoms with Crippen LogP contribution in [0.1, 0.15) is 48.9 Å². The highest BCUT2D eigenvalue weighted by Gasteiger charge is 2.71. The Hall–Kier alpha value is -2.13. The SMILES string of the molecule is CC(C)c1ccc2c(c1)OC1(C)c3ccccc3C(=[OH+])C21O. The van der Waals surface area contributed by atoms with Gasteiger partial charge in [0.25, 0.3) is 5.60 Å². The predicted molar refractivity (Wildman–Crippen MR) is 84.9 cm³/mol. The zero-order chi connectivity index (χ0) is 15.7. The lowest BCUT2D eigenvalue weighted by Gasteiger charge is -2.28. The van der Waals surface area contributed by atoms with Crippen molar-refractivity contribution in [3.63, 3.8) is 0 Å². The summed E-state index contributed by atoms with van der Waals surface area (Å²) < 4.78 is 6.18. The molecule has 2 aliphatic rings. The molecule has 2 N–H and O–H groups in total. The summed E-state index contributed by atoms with van der Waals surface area (Å²) in [5, 5.41) is 11.3. The van der Waals surface area contributed by atoms with E-state index in [1.807, 2.05) is 49.4 Å². The van der Waals surface area contributed by atoms with Crippen molar-refractivity contribution in [2.75, 3.05) is 0 Å². The van der Waals surface area contributed by atoms with Crippen LogP contribution in [0.2, 0.25) is 0 Å². The van der Waals surface area contributed by atoms with Crippen LogP contribution in [0.25, 0.3) is 0 Å². The Labute approximate surface area is 129 Å². The highest BCUT2D eigenvalue weighted by molar-refractivity contribution is 6.10. The van der Waals surface area contributed by atoms with Gasteiger partial charge in [-0.3, -0.25) is 4.79 Å². The van der Waals surface area contributed by atoms with Gasteiger partial charge < -0.3 is 9.84 Å². The molecule has 1 aliphatic carbocycles. The van der Waals surface area contributed by atoms with E-state index < -0.39 is 11.2 Å². The van der Waals surface area contributed by atoms with Gasteiger partial charge in [0, 0.05) is 11.1 Å². The number of rotatable bonds is 1. The molecule has 2 aromatic rings. The fourth-order valence-corrected chi connectivity index (χ4v) is 3.74.